The van der Waals surface area contributed by atoms with E-state index in [1.165, 1.54) is 22.2 Å². The Kier molecular flexibility index (Phi) is 3.99. The van der Waals surface area contributed by atoms with Crippen molar-refractivity contribution in [1.82, 2.24) is 10.3 Å². The van der Waals surface area contributed by atoms with E-state index in [9.17, 15) is 4.79 Å². The molecule has 4 rings (SSSR count). The van der Waals surface area contributed by atoms with Crippen LogP contribution in [0.3, 0.4) is 0 Å². The molecule has 2 aromatic carbocycles. The van der Waals surface area contributed by atoms with E-state index in [-0.39, 0.29) is 11.9 Å². The zero-order valence-corrected chi connectivity index (χ0v) is 14.4. The predicted octanol–water partition coefficient (Wildman–Crippen LogP) is 4.76. The van der Waals surface area contributed by atoms with Gasteiger partial charge in [-0.1, -0.05) is 41.4 Å². The molecule has 1 aromatic heterocycles. The molecule has 24 heavy (non-hydrogen) atoms. The summed E-state index contributed by atoms with van der Waals surface area (Å²) in [6.07, 6.45) is 2.71. The minimum absolute atomic E-state index is 0.113. The average molecular weight is 359 g/mol. The van der Waals surface area contributed by atoms with Gasteiger partial charge in [-0.05, 0) is 42.7 Å². The average Bonchev–Trinajstić information content (AvgIpc) is 2.95. The number of rotatable bonds is 2. The van der Waals surface area contributed by atoms with Gasteiger partial charge >= 0.3 is 0 Å². The fourth-order valence-corrected chi connectivity index (χ4v) is 3.71. The van der Waals surface area contributed by atoms with Crippen molar-refractivity contribution in [2.24, 2.45) is 0 Å². The molecule has 5 heteroatoms. The highest BCUT2D eigenvalue weighted by atomic mass is 35.5. The molecular formula is C19H16Cl2N2O. The van der Waals surface area contributed by atoms with Crippen molar-refractivity contribution in [2.45, 2.75) is 25.3 Å². The van der Waals surface area contributed by atoms with E-state index in [0.717, 1.165) is 19.3 Å². The highest BCUT2D eigenvalue weighted by Crippen LogP contribution is 2.29. The van der Waals surface area contributed by atoms with Crippen molar-refractivity contribution in [3.63, 3.8) is 0 Å². The van der Waals surface area contributed by atoms with Crippen LogP contribution in [0.2, 0.25) is 10.0 Å². The molecular weight excluding hydrogens is 343 g/mol. The van der Waals surface area contributed by atoms with Crippen LogP contribution in [0.5, 0.6) is 0 Å². The van der Waals surface area contributed by atoms with E-state index >= 15 is 0 Å². The van der Waals surface area contributed by atoms with E-state index in [4.69, 9.17) is 23.2 Å². The highest BCUT2D eigenvalue weighted by molar-refractivity contribution is 6.42. The summed E-state index contributed by atoms with van der Waals surface area (Å²) in [6, 6.07) is 13.4. The molecule has 0 radical (unpaired) electrons. The molecule has 0 fully saturated rings. The van der Waals surface area contributed by atoms with Gasteiger partial charge in [-0.25, -0.2) is 0 Å². The van der Waals surface area contributed by atoms with E-state index < -0.39 is 0 Å². The molecule has 1 aliphatic carbocycles. The SMILES string of the molecule is O=C(NC1CCc2c([nH]c3ccccc23)C1)c1ccc(Cl)c(Cl)c1. The number of nitrogens with one attached hydrogen (secondary N) is 2. The maximum absolute atomic E-state index is 12.4. The van der Waals surface area contributed by atoms with E-state index in [1.54, 1.807) is 18.2 Å². The summed E-state index contributed by atoms with van der Waals surface area (Å²) in [6.45, 7) is 0. The van der Waals surface area contributed by atoms with Gasteiger partial charge in [0.15, 0.2) is 0 Å². The standard InChI is InChI=1S/C19H16Cl2N2O/c20-15-8-5-11(9-16(15)21)19(24)22-12-6-7-14-13-3-1-2-4-17(13)23-18(14)10-12/h1-5,8-9,12,23H,6-7,10H2,(H,22,24). The lowest BCUT2D eigenvalue weighted by Gasteiger charge is -2.23. The van der Waals surface area contributed by atoms with Crippen molar-refractivity contribution in [2.75, 3.05) is 0 Å². The molecule has 0 spiro atoms. The molecule has 2 N–H and O–H groups in total. The van der Waals surface area contributed by atoms with Crippen molar-refractivity contribution in [3.05, 3.63) is 69.3 Å². The predicted molar refractivity (Wildman–Crippen MR) is 98.0 cm³/mol. The number of hydrogen-bond donors (Lipinski definition) is 2. The quantitative estimate of drug-likeness (QED) is 0.681. The lowest BCUT2D eigenvalue weighted by atomic mass is 9.91. The molecule has 3 aromatic rings. The summed E-state index contributed by atoms with van der Waals surface area (Å²) in [5.74, 6) is -0.113. The maximum atomic E-state index is 12.4. The largest absolute Gasteiger partial charge is 0.358 e. The Morgan fingerprint density at radius 3 is 2.79 bits per heavy atom. The van der Waals surface area contributed by atoms with Gasteiger partial charge in [-0.15, -0.1) is 0 Å². The second-order valence-corrected chi connectivity index (χ2v) is 6.98. The maximum Gasteiger partial charge on any atom is 0.251 e. The zero-order chi connectivity index (χ0) is 16.7. The van der Waals surface area contributed by atoms with E-state index in [1.807, 2.05) is 6.07 Å². The summed E-state index contributed by atoms with van der Waals surface area (Å²) in [7, 11) is 0. The van der Waals surface area contributed by atoms with E-state index in [2.05, 4.69) is 28.5 Å². The zero-order valence-electron chi connectivity index (χ0n) is 12.9. The first-order valence-corrected chi connectivity index (χ1v) is 8.72. The van der Waals surface area contributed by atoms with Gasteiger partial charge in [0, 0.05) is 34.6 Å². The number of fused-ring (bicyclic) bond motifs is 3. The summed E-state index contributed by atoms with van der Waals surface area (Å²) in [4.78, 5) is 15.9. The minimum Gasteiger partial charge on any atom is -0.358 e. The Balaban J connectivity index is 1.52. The van der Waals surface area contributed by atoms with Crippen LogP contribution < -0.4 is 5.32 Å². The normalized spacial score (nSPS) is 16.8. The number of hydrogen-bond acceptors (Lipinski definition) is 1. The van der Waals surface area contributed by atoms with Crippen LogP contribution in [0.15, 0.2) is 42.5 Å². The summed E-state index contributed by atoms with van der Waals surface area (Å²) >= 11 is 11.9. The summed E-state index contributed by atoms with van der Waals surface area (Å²) in [5, 5.41) is 5.25. The molecule has 122 valence electrons. The molecule has 1 atom stereocenters. The van der Waals surface area contributed by atoms with Gasteiger partial charge < -0.3 is 10.3 Å². The Morgan fingerprint density at radius 1 is 1.12 bits per heavy atom. The van der Waals surface area contributed by atoms with Gasteiger partial charge in [0.1, 0.15) is 0 Å². The van der Waals surface area contributed by atoms with Crippen molar-refractivity contribution in [3.8, 4) is 0 Å². The Bertz CT molecular complexity index is 932. The van der Waals surface area contributed by atoms with Crippen molar-refractivity contribution in [1.29, 1.82) is 0 Å². The Hall–Kier alpha value is -1.97. The Morgan fingerprint density at radius 2 is 1.96 bits per heavy atom. The third-order valence-corrected chi connectivity index (χ3v) is 5.35. The van der Waals surface area contributed by atoms with Crippen LogP contribution in [0, 0.1) is 0 Å². The smallest absolute Gasteiger partial charge is 0.251 e. The van der Waals surface area contributed by atoms with Crippen LogP contribution in [0.25, 0.3) is 10.9 Å². The number of amides is 1. The van der Waals surface area contributed by atoms with Crippen molar-refractivity contribution >= 4 is 40.0 Å². The number of aromatic amines is 1. The molecule has 1 unspecified atom stereocenters. The highest BCUT2D eigenvalue weighted by Gasteiger charge is 2.23. The fourth-order valence-electron chi connectivity index (χ4n) is 3.41. The molecule has 0 saturated carbocycles. The molecule has 3 nitrogen and oxygen atoms in total. The van der Waals surface area contributed by atoms with Crippen LogP contribution in [-0.2, 0) is 12.8 Å². The lowest BCUT2D eigenvalue weighted by molar-refractivity contribution is 0.0933. The first-order chi connectivity index (χ1) is 11.6. The fraction of sp³-hybridized carbons (Fsp3) is 0.211. The minimum atomic E-state index is -0.113. The monoisotopic (exact) mass is 358 g/mol. The van der Waals surface area contributed by atoms with Gasteiger partial charge in [0.2, 0.25) is 0 Å². The third kappa shape index (κ3) is 2.79. The van der Waals surface area contributed by atoms with Crippen LogP contribution in [0.1, 0.15) is 28.0 Å². The molecule has 1 heterocycles. The molecule has 0 aliphatic heterocycles. The number of aryl methyl sites for hydroxylation is 1. The van der Waals surface area contributed by atoms with Crippen LogP contribution in [0.4, 0.5) is 0 Å². The second kappa shape index (κ2) is 6.15. The van der Waals surface area contributed by atoms with Gasteiger partial charge in [0.05, 0.1) is 10.0 Å². The number of H-pyrrole nitrogens is 1. The molecule has 1 aliphatic rings. The number of carbonyl (C=O) groups excluding carboxylic acids is 1. The van der Waals surface area contributed by atoms with Gasteiger partial charge in [0.25, 0.3) is 5.91 Å². The van der Waals surface area contributed by atoms with Gasteiger partial charge in [-0.2, -0.15) is 0 Å². The lowest BCUT2D eigenvalue weighted by Crippen LogP contribution is -2.38. The first kappa shape index (κ1) is 15.6. The molecule has 0 saturated heterocycles. The van der Waals surface area contributed by atoms with Crippen LogP contribution >= 0.6 is 23.2 Å². The third-order valence-electron chi connectivity index (χ3n) is 4.61. The number of benzene rings is 2. The summed E-state index contributed by atoms with van der Waals surface area (Å²) in [5.41, 5.74) is 4.30. The number of carbonyl (C=O) groups is 1. The molecule has 0 bridgehead atoms. The Labute approximate surface area is 150 Å². The molecule has 1 amide bonds. The number of aromatic nitrogens is 1. The number of halogens is 2. The second-order valence-electron chi connectivity index (χ2n) is 6.17. The number of para-hydroxylation sites is 1. The van der Waals surface area contributed by atoms with E-state index in [0.29, 0.717) is 15.6 Å². The van der Waals surface area contributed by atoms with Crippen LogP contribution in [-0.4, -0.2) is 16.9 Å². The topological polar surface area (TPSA) is 44.9 Å². The van der Waals surface area contributed by atoms with Crippen molar-refractivity contribution < 1.29 is 4.79 Å². The van der Waals surface area contributed by atoms with Gasteiger partial charge in [-0.3, -0.25) is 4.79 Å². The first-order valence-electron chi connectivity index (χ1n) is 7.96. The summed E-state index contributed by atoms with van der Waals surface area (Å²) < 4.78 is 0.